The molecule has 0 unspecified atom stereocenters. The van der Waals surface area contributed by atoms with Gasteiger partial charge in [0, 0.05) is 29.9 Å². The van der Waals surface area contributed by atoms with E-state index < -0.39 is 5.82 Å². The molecule has 0 saturated heterocycles. The van der Waals surface area contributed by atoms with Crippen LogP contribution in [0.5, 0.6) is 0 Å². The van der Waals surface area contributed by atoms with Gasteiger partial charge >= 0.3 is 0 Å². The molecule has 0 fully saturated rings. The molecule has 7 nitrogen and oxygen atoms in total. The molecule has 3 aromatic heterocycles. The molecule has 0 spiro atoms. The average Bonchev–Trinajstić information content (AvgIpc) is 3.18. The van der Waals surface area contributed by atoms with Gasteiger partial charge in [-0.1, -0.05) is 19.1 Å². The van der Waals surface area contributed by atoms with E-state index >= 15 is 0 Å². The van der Waals surface area contributed by atoms with E-state index in [0.29, 0.717) is 17.5 Å². The second-order valence-corrected chi connectivity index (χ2v) is 6.89. The summed E-state index contributed by atoms with van der Waals surface area (Å²) < 4.78 is 14.8. The quantitative estimate of drug-likeness (QED) is 0.518. The summed E-state index contributed by atoms with van der Waals surface area (Å²) in [6.07, 6.45) is 3.48. The zero-order chi connectivity index (χ0) is 22.0. The number of hydrogen-bond donors (Lipinski definition) is 2. The van der Waals surface area contributed by atoms with E-state index in [4.69, 9.17) is 0 Å². The summed E-state index contributed by atoms with van der Waals surface area (Å²) in [6, 6.07) is 13.3. The molecule has 0 bridgehead atoms. The zero-order valence-corrected chi connectivity index (χ0v) is 17.0. The molecule has 1 aromatic carbocycles. The van der Waals surface area contributed by atoms with Crippen molar-refractivity contribution in [3.05, 3.63) is 83.6 Å². The molecule has 3 heterocycles. The molecule has 31 heavy (non-hydrogen) atoms. The maximum Gasteiger partial charge on any atom is 0.256 e. The largest absolute Gasteiger partial charge is 0.355 e. The molecule has 0 radical (unpaired) electrons. The minimum absolute atomic E-state index is 0.157. The van der Waals surface area contributed by atoms with Crippen LogP contribution in [0.25, 0.3) is 16.6 Å². The van der Waals surface area contributed by atoms with Crippen LogP contribution < -0.4 is 10.6 Å². The van der Waals surface area contributed by atoms with Gasteiger partial charge in [0.25, 0.3) is 11.8 Å². The van der Waals surface area contributed by atoms with Crippen LogP contribution in [0.1, 0.15) is 33.3 Å². The summed E-state index contributed by atoms with van der Waals surface area (Å²) in [5.74, 6) is -0.728. The number of anilines is 1. The van der Waals surface area contributed by atoms with Crippen molar-refractivity contribution in [3.8, 4) is 11.1 Å². The molecule has 0 saturated carbocycles. The van der Waals surface area contributed by atoms with Crippen molar-refractivity contribution < 1.29 is 14.0 Å². The van der Waals surface area contributed by atoms with Crippen molar-refractivity contribution in [2.45, 2.75) is 13.3 Å². The summed E-state index contributed by atoms with van der Waals surface area (Å²) in [5.41, 5.74) is 4.43. The van der Waals surface area contributed by atoms with Crippen LogP contribution in [0.3, 0.4) is 0 Å². The molecule has 4 aromatic rings. The highest BCUT2D eigenvalue weighted by molar-refractivity contribution is 6.05. The Morgan fingerprint density at radius 2 is 1.81 bits per heavy atom. The van der Waals surface area contributed by atoms with Crippen molar-refractivity contribution in [1.29, 1.82) is 0 Å². The standard InChI is InChI=1S/C23H20FN5O2/c1-3-18-21(14-4-6-15(7-5-14)22(30)25-2)19-12-16(10-11-29(19)28-18)23(31)27-20-9-8-17(24)13-26-20/h4-13H,3H2,1-2H3,(H,25,30)(H,26,27,31). The van der Waals surface area contributed by atoms with Crippen LogP contribution in [0, 0.1) is 5.82 Å². The Kier molecular flexibility index (Phi) is 5.44. The summed E-state index contributed by atoms with van der Waals surface area (Å²) in [7, 11) is 1.59. The number of aromatic nitrogens is 3. The number of aryl methyl sites for hydroxylation is 1. The van der Waals surface area contributed by atoms with Gasteiger partial charge < -0.3 is 10.6 Å². The smallest absolute Gasteiger partial charge is 0.256 e. The molecular weight excluding hydrogens is 397 g/mol. The Morgan fingerprint density at radius 3 is 2.45 bits per heavy atom. The maximum atomic E-state index is 13.0. The van der Waals surface area contributed by atoms with E-state index in [1.807, 2.05) is 19.1 Å². The number of rotatable bonds is 5. The van der Waals surface area contributed by atoms with E-state index in [1.54, 1.807) is 42.0 Å². The van der Waals surface area contributed by atoms with Crippen LogP contribution in [-0.2, 0) is 6.42 Å². The molecule has 2 N–H and O–H groups in total. The van der Waals surface area contributed by atoms with Crippen LogP contribution in [0.2, 0.25) is 0 Å². The lowest BCUT2D eigenvalue weighted by Crippen LogP contribution is -2.17. The normalized spacial score (nSPS) is 10.8. The van der Waals surface area contributed by atoms with Crippen molar-refractivity contribution in [2.24, 2.45) is 0 Å². The Morgan fingerprint density at radius 1 is 1.03 bits per heavy atom. The number of halogens is 1. The van der Waals surface area contributed by atoms with E-state index in [1.165, 1.54) is 12.1 Å². The molecule has 0 aliphatic carbocycles. The second kappa shape index (κ2) is 8.35. The van der Waals surface area contributed by atoms with Gasteiger partial charge in [0.2, 0.25) is 0 Å². The first-order chi connectivity index (χ1) is 15.0. The van der Waals surface area contributed by atoms with Gasteiger partial charge in [0.05, 0.1) is 17.4 Å². The van der Waals surface area contributed by atoms with Crippen molar-refractivity contribution in [3.63, 3.8) is 0 Å². The molecular formula is C23H20FN5O2. The lowest BCUT2D eigenvalue weighted by molar-refractivity contribution is 0.0962. The SMILES string of the molecule is CCc1nn2ccc(C(=O)Nc3ccc(F)cn3)cc2c1-c1ccc(C(=O)NC)cc1. The number of carbonyl (C=O) groups excluding carboxylic acids is 2. The molecule has 8 heteroatoms. The first-order valence-corrected chi connectivity index (χ1v) is 9.77. The summed E-state index contributed by atoms with van der Waals surface area (Å²) in [6.45, 7) is 2.01. The number of hydrogen-bond acceptors (Lipinski definition) is 4. The Hall–Kier alpha value is -4.07. The summed E-state index contributed by atoms with van der Waals surface area (Å²) in [5, 5.41) is 9.90. The highest BCUT2D eigenvalue weighted by atomic mass is 19.1. The Bertz CT molecular complexity index is 1260. The van der Waals surface area contributed by atoms with Crippen LogP contribution in [0.4, 0.5) is 10.2 Å². The fourth-order valence-electron chi connectivity index (χ4n) is 3.37. The minimum atomic E-state index is -0.474. The second-order valence-electron chi connectivity index (χ2n) is 6.89. The topological polar surface area (TPSA) is 88.4 Å². The lowest BCUT2D eigenvalue weighted by Gasteiger charge is -2.07. The number of pyridine rings is 2. The van der Waals surface area contributed by atoms with Gasteiger partial charge in [-0.3, -0.25) is 9.59 Å². The van der Waals surface area contributed by atoms with Gasteiger partial charge in [0.1, 0.15) is 11.6 Å². The average molecular weight is 417 g/mol. The molecule has 0 aliphatic heterocycles. The van der Waals surface area contributed by atoms with Gasteiger partial charge in [-0.15, -0.1) is 0 Å². The monoisotopic (exact) mass is 417 g/mol. The Labute approximate surface area is 177 Å². The predicted molar refractivity (Wildman–Crippen MR) is 116 cm³/mol. The van der Waals surface area contributed by atoms with Gasteiger partial charge in [0.15, 0.2) is 0 Å². The molecule has 0 aliphatic rings. The fourth-order valence-corrected chi connectivity index (χ4v) is 3.37. The third-order valence-electron chi connectivity index (χ3n) is 4.94. The van der Waals surface area contributed by atoms with Crippen molar-refractivity contribution in [1.82, 2.24) is 19.9 Å². The predicted octanol–water partition coefficient (Wildman–Crippen LogP) is 3.71. The van der Waals surface area contributed by atoms with E-state index in [-0.39, 0.29) is 17.6 Å². The highest BCUT2D eigenvalue weighted by Gasteiger charge is 2.16. The molecule has 0 atom stereocenters. The number of nitrogens with one attached hydrogen (secondary N) is 2. The first kappa shape index (κ1) is 20.2. The third-order valence-corrected chi connectivity index (χ3v) is 4.94. The minimum Gasteiger partial charge on any atom is -0.355 e. The van der Waals surface area contributed by atoms with Crippen LogP contribution in [0.15, 0.2) is 60.9 Å². The molecule has 2 amide bonds. The lowest BCUT2D eigenvalue weighted by atomic mass is 10.0. The number of fused-ring (bicyclic) bond motifs is 1. The van der Waals surface area contributed by atoms with Gasteiger partial charge in [-0.05, 0) is 48.4 Å². The number of benzene rings is 1. The van der Waals surface area contributed by atoms with Gasteiger partial charge in [-0.2, -0.15) is 5.10 Å². The fraction of sp³-hybridized carbons (Fsp3) is 0.130. The maximum absolute atomic E-state index is 13.0. The highest BCUT2D eigenvalue weighted by Crippen LogP contribution is 2.30. The molecule has 4 rings (SSSR count). The number of nitrogens with zero attached hydrogens (tertiary/aromatic N) is 3. The number of carbonyl (C=O) groups is 2. The van der Waals surface area contributed by atoms with Gasteiger partial charge in [-0.25, -0.2) is 13.9 Å². The van der Waals surface area contributed by atoms with E-state index in [9.17, 15) is 14.0 Å². The van der Waals surface area contributed by atoms with Crippen molar-refractivity contribution in [2.75, 3.05) is 12.4 Å². The zero-order valence-electron chi connectivity index (χ0n) is 17.0. The van der Waals surface area contributed by atoms with Crippen LogP contribution >= 0.6 is 0 Å². The summed E-state index contributed by atoms with van der Waals surface area (Å²) >= 11 is 0. The Balaban J connectivity index is 1.72. The van der Waals surface area contributed by atoms with Crippen molar-refractivity contribution >= 4 is 23.1 Å². The van der Waals surface area contributed by atoms with Crippen LogP contribution in [-0.4, -0.2) is 33.5 Å². The van der Waals surface area contributed by atoms with E-state index in [2.05, 4.69) is 20.7 Å². The third kappa shape index (κ3) is 4.00. The summed E-state index contributed by atoms with van der Waals surface area (Å²) in [4.78, 5) is 28.4. The number of amides is 2. The first-order valence-electron chi connectivity index (χ1n) is 9.77. The molecule has 156 valence electrons. The van der Waals surface area contributed by atoms with E-state index in [0.717, 1.165) is 28.5 Å².